The number of ether oxygens (including phenoxy) is 3. The molecular formula is C61H118O6. The highest BCUT2D eigenvalue weighted by Crippen LogP contribution is 2.18. The molecule has 0 saturated heterocycles. The minimum absolute atomic E-state index is 0.0628. The molecule has 398 valence electrons. The van der Waals surface area contributed by atoms with Gasteiger partial charge in [-0.3, -0.25) is 14.4 Å². The van der Waals surface area contributed by atoms with Crippen LogP contribution in [0.3, 0.4) is 0 Å². The number of carbonyl (C=O) groups is 3. The Bertz CT molecular complexity index is 1020. The van der Waals surface area contributed by atoms with Crippen LogP contribution in [0.2, 0.25) is 0 Å². The highest BCUT2D eigenvalue weighted by molar-refractivity contribution is 5.71. The van der Waals surface area contributed by atoms with Gasteiger partial charge in [0.2, 0.25) is 0 Å². The van der Waals surface area contributed by atoms with E-state index < -0.39 is 6.10 Å². The fourth-order valence-corrected chi connectivity index (χ4v) is 9.40. The van der Waals surface area contributed by atoms with Gasteiger partial charge in [-0.1, -0.05) is 304 Å². The smallest absolute Gasteiger partial charge is 0.306 e. The standard InChI is InChI=1S/C61H118O6/c1-6-7-8-9-10-11-12-13-14-15-16-17-22-25-28-31-38-43-48-53-61(64)67-58(55-66-60(63)52-47-42-37-33-32-35-40-45-50-57(4)5)54-65-59(62)51-46-41-36-30-27-24-21-19-18-20-23-26-29-34-39-44-49-56(2)3/h56-58H,6-55H2,1-5H3/t58-/m0/s1. The quantitative estimate of drug-likeness (QED) is 0.0343. The van der Waals surface area contributed by atoms with E-state index in [9.17, 15) is 14.4 Å². The molecule has 0 aromatic rings. The fourth-order valence-electron chi connectivity index (χ4n) is 9.40. The van der Waals surface area contributed by atoms with E-state index >= 15 is 0 Å². The van der Waals surface area contributed by atoms with Crippen LogP contribution in [0.1, 0.15) is 343 Å². The van der Waals surface area contributed by atoms with Gasteiger partial charge in [0.1, 0.15) is 13.2 Å². The normalized spacial score (nSPS) is 12.0. The maximum atomic E-state index is 12.9. The summed E-state index contributed by atoms with van der Waals surface area (Å²) in [6.45, 7) is 11.4. The molecule has 67 heavy (non-hydrogen) atoms. The Morgan fingerprint density at radius 1 is 0.284 bits per heavy atom. The SMILES string of the molecule is CCCCCCCCCCCCCCCCCCCCCC(=O)O[C@@H](COC(=O)CCCCCCCCCCCCCCCCCCC(C)C)COC(=O)CCCCCCCCCCC(C)C. The van der Waals surface area contributed by atoms with Crippen molar-refractivity contribution in [2.75, 3.05) is 13.2 Å². The fraction of sp³-hybridized carbons (Fsp3) is 0.951. The molecule has 0 rings (SSSR count). The molecule has 0 N–H and O–H groups in total. The van der Waals surface area contributed by atoms with Gasteiger partial charge in [-0.2, -0.15) is 0 Å². The van der Waals surface area contributed by atoms with Gasteiger partial charge in [0.25, 0.3) is 0 Å². The molecule has 0 heterocycles. The molecule has 0 aliphatic carbocycles. The summed E-state index contributed by atoms with van der Waals surface area (Å²) in [4.78, 5) is 38.2. The number of carbonyl (C=O) groups excluding carboxylic acids is 3. The number of hydrogen-bond donors (Lipinski definition) is 0. The monoisotopic (exact) mass is 947 g/mol. The summed E-state index contributed by atoms with van der Waals surface area (Å²) in [5.41, 5.74) is 0. The van der Waals surface area contributed by atoms with Gasteiger partial charge in [-0.25, -0.2) is 0 Å². The van der Waals surface area contributed by atoms with Gasteiger partial charge in [0.05, 0.1) is 0 Å². The van der Waals surface area contributed by atoms with E-state index in [1.54, 1.807) is 0 Å². The molecule has 0 aliphatic rings. The van der Waals surface area contributed by atoms with Crippen molar-refractivity contribution in [1.29, 1.82) is 0 Å². The maximum Gasteiger partial charge on any atom is 0.306 e. The van der Waals surface area contributed by atoms with Crippen LogP contribution < -0.4 is 0 Å². The van der Waals surface area contributed by atoms with Gasteiger partial charge in [0.15, 0.2) is 6.10 Å². The molecule has 0 fully saturated rings. The van der Waals surface area contributed by atoms with Crippen molar-refractivity contribution in [3.8, 4) is 0 Å². The first-order valence-corrected chi connectivity index (χ1v) is 30.2. The Morgan fingerprint density at radius 2 is 0.493 bits per heavy atom. The van der Waals surface area contributed by atoms with Crippen LogP contribution in [0.4, 0.5) is 0 Å². The van der Waals surface area contributed by atoms with Gasteiger partial charge in [0, 0.05) is 19.3 Å². The van der Waals surface area contributed by atoms with E-state index in [-0.39, 0.29) is 31.1 Å². The van der Waals surface area contributed by atoms with Crippen molar-refractivity contribution in [3.63, 3.8) is 0 Å². The third-order valence-electron chi connectivity index (χ3n) is 14.0. The summed E-state index contributed by atoms with van der Waals surface area (Å²) < 4.78 is 16.9. The topological polar surface area (TPSA) is 78.9 Å². The summed E-state index contributed by atoms with van der Waals surface area (Å²) in [5, 5.41) is 0. The number of esters is 3. The van der Waals surface area contributed by atoms with Crippen molar-refractivity contribution in [2.24, 2.45) is 11.8 Å². The second-order valence-electron chi connectivity index (χ2n) is 21.9. The summed E-state index contributed by atoms with van der Waals surface area (Å²) >= 11 is 0. The summed E-state index contributed by atoms with van der Waals surface area (Å²) in [5.74, 6) is 0.810. The van der Waals surface area contributed by atoms with Crippen LogP contribution in [0.25, 0.3) is 0 Å². The highest BCUT2D eigenvalue weighted by Gasteiger charge is 2.19. The van der Waals surface area contributed by atoms with Crippen LogP contribution in [-0.2, 0) is 28.6 Å². The number of hydrogen-bond acceptors (Lipinski definition) is 6. The van der Waals surface area contributed by atoms with Gasteiger partial charge < -0.3 is 14.2 Å². The average molecular weight is 948 g/mol. The third kappa shape index (κ3) is 55.2. The maximum absolute atomic E-state index is 12.9. The zero-order chi connectivity index (χ0) is 48.9. The molecule has 0 saturated carbocycles. The Morgan fingerprint density at radius 3 is 0.731 bits per heavy atom. The molecule has 0 aromatic heterocycles. The van der Waals surface area contributed by atoms with Gasteiger partial charge in [-0.15, -0.1) is 0 Å². The van der Waals surface area contributed by atoms with Gasteiger partial charge >= 0.3 is 17.9 Å². The second-order valence-corrected chi connectivity index (χ2v) is 21.9. The van der Waals surface area contributed by atoms with Crippen molar-refractivity contribution in [2.45, 2.75) is 349 Å². The predicted molar refractivity (Wildman–Crippen MR) is 289 cm³/mol. The Hall–Kier alpha value is -1.59. The van der Waals surface area contributed by atoms with Gasteiger partial charge in [-0.05, 0) is 31.1 Å². The molecule has 0 bridgehead atoms. The van der Waals surface area contributed by atoms with E-state index in [0.29, 0.717) is 19.3 Å². The molecule has 0 spiro atoms. The largest absolute Gasteiger partial charge is 0.462 e. The third-order valence-corrected chi connectivity index (χ3v) is 14.0. The van der Waals surface area contributed by atoms with Crippen molar-refractivity contribution < 1.29 is 28.6 Å². The van der Waals surface area contributed by atoms with Crippen molar-refractivity contribution >= 4 is 17.9 Å². The molecule has 0 amide bonds. The van der Waals surface area contributed by atoms with Crippen LogP contribution in [0.5, 0.6) is 0 Å². The molecule has 1 atom stereocenters. The zero-order valence-corrected chi connectivity index (χ0v) is 46.0. The molecule has 6 nitrogen and oxygen atoms in total. The lowest BCUT2D eigenvalue weighted by atomic mass is 10.0. The van der Waals surface area contributed by atoms with E-state index in [0.717, 1.165) is 69.6 Å². The zero-order valence-electron chi connectivity index (χ0n) is 46.0. The second kappa shape index (κ2) is 53.8. The lowest BCUT2D eigenvalue weighted by molar-refractivity contribution is -0.167. The van der Waals surface area contributed by atoms with Crippen LogP contribution in [0, 0.1) is 11.8 Å². The first kappa shape index (κ1) is 65.4. The lowest BCUT2D eigenvalue weighted by Crippen LogP contribution is -2.30. The summed E-state index contributed by atoms with van der Waals surface area (Å²) in [7, 11) is 0. The van der Waals surface area contributed by atoms with E-state index in [1.807, 2.05) is 0 Å². The van der Waals surface area contributed by atoms with E-state index in [2.05, 4.69) is 34.6 Å². The summed E-state index contributed by atoms with van der Waals surface area (Å²) in [6.07, 6.45) is 58.2. The predicted octanol–water partition coefficient (Wildman–Crippen LogP) is 20.0. The van der Waals surface area contributed by atoms with E-state index in [4.69, 9.17) is 14.2 Å². The molecule has 0 unspecified atom stereocenters. The lowest BCUT2D eigenvalue weighted by Gasteiger charge is -2.18. The Labute approximate surface area is 418 Å². The average Bonchev–Trinajstić information content (AvgIpc) is 3.30. The minimum atomic E-state index is -0.763. The first-order chi connectivity index (χ1) is 32.7. The Kier molecular flexibility index (Phi) is 52.5. The van der Waals surface area contributed by atoms with Crippen molar-refractivity contribution in [1.82, 2.24) is 0 Å². The minimum Gasteiger partial charge on any atom is -0.462 e. The first-order valence-electron chi connectivity index (χ1n) is 30.2. The molecular weight excluding hydrogens is 829 g/mol. The van der Waals surface area contributed by atoms with E-state index in [1.165, 1.54) is 231 Å². The summed E-state index contributed by atoms with van der Waals surface area (Å²) in [6, 6.07) is 0. The van der Waals surface area contributed by atoms with Crippen LogP contribution in [0.15, 0.2) is 0 Å². The van der Waals surface area contributed by atoms with Crippen LogP contribution >= 0.6 is 0 Å². The molecule has 0 aliphatic heterocycles. The molecule has 0 aromatic carbocycles. The number of rotatable bonds is 55. The highest BCUT2D eigenvalue weighted by atomic mass is 16.6. The number of unbranched alkanes of at least 4 members (excludes halogenated alkanes) is 40. The van der Waals surface area contributed by atoms with Crippen LogP contribution in [-0.4, -0.2) is 37.2 Å². The Balaban J connectivity index is 4.24. The molecule has 0 radical (unpaired) electrons. The molecule has 6 heteroatoms. The van der Waals surface area contributed by atoms with Crippen molar-refractivity contribution in [3.05, 3.63) is 0 Å².